The van der Waals surface area contributed by atoms with Crippen LogP contribution in [0.1, 0.15) is 11.8 Å². The lowest BCUT2D eigenvalue weighted by molar-refractivity contribution is 0.0304. The summed E-state index contributed by atoms with van der Waals surface area (Å²) >= 11 is 1.66. The molecule has 1 heterocycles. The van der Waals surface area contributed by atoms with Gasteiger partial charge in [0.1, 0.15) is 0 Å². The third-order valence-electron chi connectivity index (χ3n) is 1.90. The number of hydrogen-bond donors (Lipinski definition) is 2. The van der Waals surface area contributed by atoms with Crippen LogP contribution in [0.15, 0.2) is 17.5 Å². The van der Waals surface area contributed by atoms with Crippen molar-refractivity contribution in [2.75, 3.05) is 19.7 Å². The van der Waals surface area contributed by atoms with E-state index < -0.39 is 6.10 Å². The molecule has 1 aromatic rings. The van der Waals surface area contributed by atoms with Gasteiger partial charge in [0.2, 0.25) is 0 Å². The first-order chi connectivity index (χ1) is 7.83. The fourth-order valence-electron chi connectivity index (χ4n) is 1.14. The van der Waals surface area contributed by atoms with Gasteiger partial charge in [-0.1, -0.05) is 12.0 Å². The van der Waals surface area contributed by atoms with Crippen molar-refractivity contribution >= 4 is 11.3 Å². The summed E-state index contributed by atoms with van der Waals surface area (Å²) in [6.07, 6.45) is -0.474. The zero-order chi connectivity index (χ0) is 11.6. The van der Waals surface area contributed by atoms with E-state index in [0.717, 1.165) is 0 Å². The van der Waals surface area contributed by atoms with Gasteiger partial charge in [0.05, 0.1) is 25.9 Å². The van der Waals surface area contributed by atoms with Crippen molar-refractivity contribution in [1.82, 2.24) is 5.32 Å². The number of aliphatic hydroxyl groups excluding tert-OH is 1. The molecule has 1 aromatic heterocycles. The minimum Gasteiger partial charge on any atom is -0.389 e. The van der Waals surface area contributed by atoms with Crippen LogP contribution in [0.25, 0.3) is 0 Å². The highest BCUT2D eigenvalue weighted by molar-refractivity contribution is 7.09. The fraction of sp³-hybridized carbons (Fsp3) is 0.500. The topological polar surface area (TPSA) is 41.5 Å². The molecule has 0 aromatic carbocycles. The molecule has 0 spiro atoms. The van der Waals surface area contributed by atoms with Crippen molar-refractivity contribution in [2.45, 2.75) is 19.6 Å². The van der Waals surface area contributed by atoms with E-state index >= 15 is 0 Å². The first kappa shape index (κ1) is 13.2. The summed E-state index contributed by atoms with van der Waals surface area (Å²) in [5.74, 6) is 5.65. The molecule has 0 aliphatic rings. The van der Waals surface area contributed by atoms with Gasteiger partial charge in [-0.2, -0.15) is 0 Å². The average molecular weight is 239 g/mol. The number of ether oxygens (including phenoxy) is 1. The highest BCUT2D eigenvalue weighted by Gasteiger charge is 2.03. The van der Waals surface area contributed by atoms with Gasteiger partial charge in [-0.15, -0.1) is 17.3 Å². The Morgan fingerprint density at radius 1 is 1.62 bits per heavy atom. The number of nitrogens with one attached hydrogen (secondary N) is 1. The molecule has 1 atom stereocenters. The standard InChI is InChI=1S/C12H17NO2S/c1-2-3-6-13-8-11(14)9-15-10-12-5-4-7-16-12/h4-5,7,11,13-14H,6,8-10H2,1H3. The maximum Gasteiger partial charge on any atom is 0.0898 e. The Labute approximate surface area is 100 Å². The quantitative estimate of drug-likeness (QED) is 0.555. The van der Waals surface area contributed by atoms with E-state index in [1.807, 2.05) is 17.5 Å². The number of hydrogen-bond acceptors (Lipinski definition) is 4. The van der Waals surface area contributed by atoms with Crippen molar-refractivity contribution in [3.63, 3.8) is 0 Å². The minimum atomic E-state index is -0.474. The summed E-state index contributed by atoms with van der Waals surface area (Å²) in [6, 6.07) is 4.01. The predicted molar refractivity (Wildman–Crippen MR) is 66.3 cm³/mol. The largest absolute Gasteiger partial charge is 0.389 e. The summed E-state index contributed by atoms with van der Waals surface area (Å²) in [5.41, 5.74) is 0. The zero-order valence-corrected chi connectivity index (χ0v) is 10.2. The molecule has 0 bridgehead atoms. The van der Waals surface area contributed by atoms with Crippen molar-refractivity contribution in [2.24, 2.45) is 0 Å². The first-order valence-corrected chi connectivity index (χ1v) is 6.09. The molecule has 0 fully saturated rings. The molecule has 0 saturated heterocycles. The molecule has 88 valence electrons. The summed E-state index contributed by atoms with van der Waals surface area (Å²) < 4.78 is 5.38. The van der Waals surface area contributed by atoms with E-state index in [-0.39, 0.29) is 0 Å². The third-order valence-corrected chi connectivity index (χ3v) is 2.75. The SMILES string of the molecule is CC#CCNCC(O)COCc1cccs1. The van der Waals surface area contributed by atoms with E-state index in [1.54, 1.807) is 18.3 Å². The van der Waals surface area contributed by atoms with Gasteiger partial charge in [0.25, 0.3) is 0 Å². The van der Waals surface area contributed by atoms with Crippen LogP contribution in [0.4, 0.5) is 0 Å². The molecule has 2 N–H and O–H groups in total. The number of aliphatic hydroxyl groups is 1. The minimum absolute atomic E-state index is 0.352. The first-order valence-electron chi connectivity index (χ1n) is 5.21. The van der Waals surface area contributed by atoms with Gasteiger partial charge in [-0.25, -0.2) is 0 Å². The number of thiophene rings is 1. The molecular weight excluding hydrogens is 222 g/mol. The van der Waals surface area contributed by atoms with Crippen LogP contribution < -0.4 is 5.32 Å². The van der Waals surface area contributed by atoms with Gasteiger partial charge in [0, 0.05) is 11.4 Å². The van der Waals surface area contributed by atoms with E-state index in [1.165, 1.54) is 4.88 Å². The second kappa shape index (κ2) is 8.31. The third kappa shape index (κ3) is 5.89. The second-order valence-electron chi connectivity index (χ2n) is 3.31. The lowest BCUT2D eigenvalue weighted by Crippen LogP contribution is -2.30. The van der Waals surface area contributed by atoms with E-state index in [0.29, 0.717) is 26.3 Å². The van der Waals surface area contributed by atoms with Crippen LogP contribution >= 0.6 is 11.3 Å². The Morgan fingerprint density at radius 2 is 2.50 bits per heavy atom. The van der Waals surface area contributed by atoms with Gasteiger partial charge in [-0.3, -0.25) is 0 Å². The summed E-state index contributed by atoms with van der Waals surface area (Å²) in [5, 5.41) is 14.6. The molecular formula is C12H17NO2S. The number of rotatable bonds is 7. The highest BCUT2D eigenvalue weighted by atomic mass is 32.1. The smallest absolute Gasteiger partial charge is 0.0898 e. The average Bonchev–Trinajstić information content (AvgIpc) is 2.77. The molecule has 1 unspecified atom stereocenters. The summed E-state index contributed by atoms with van der Waals surface area (Å²) in [4.78, 5) is 1.18. The van der Waals surface area contributed by atoms with Crippen molar-refractivity contribution in [3.05, 3.63) is 22.4 Å². The van der Waals surface area contributed by atoms with Crippen LogP contribution in [0.5, 0.6) is 0 Å². The van der Waals surface area contributed by atoms with Crippen molar-refractivity contribution < 1.29 is 9.84 Å². The molecule has 0 radical (unpaired) electrons. The van der Waals surface area contributed by atoms with Crippen LogP contribution in [0.3, 0.4) is 0 Å². The summed E-state index contributed by atoms with van der Waals surface area (Å²) in [6.45, 7) is 3.84. The lowest BCUT2D eigenvalue weighted by atomic mass is 10.3. The maximum absolute atomic E-state index is 9.54. The van der Waals surface area contributed by atoms with E-state index in [2.05, 4.69) is 17.2 Å². The zero-order valence-electron chi connectivity index (χ0n) is 9.40. The van der Waals surface area contributed by atoms with Crippen molar-refractivity contribution in [1.29, 1.82) is 0 Å². The highest BCUT2D eigenvalue weighted by Crippen LogP contribution is 2.09. The van der Waals surface area contributed by atoms with Crippen LogP contribution in [0, 0.1) is 11.8 Å². The Hall–Kier alpha value is -0.860. The Bertz CT molecular complexity index is 327. The van der Waals surface area contributed by atoms with Crippen LogP contribution in [-0.4, -0.2) is 30.9 Å². The van der Waals surface area contributed by atoms with Crippen LogP contribution in [-0.2, 0) is 11.3 Å². The van der Waals surface area contributed by atoms with Gasteiger partial charge < -0.3 is 15.2 Å². The van der Waals surface area contributed by atoms with Crippen LogP contribution in [0.2, 0.25) is 0 Å². The van der Waals surface area contributed by atoms with E-state index in [9.17, 15) is 5.11 Å². The Kier molecular flexibility index (Phi) is 6.86. The molecule has 0 aliphatic heterocycles. The maximum atomic E-state index is 9.54. The summed E-state index contributed by atoms with van der Waals surface area (Å²) in [7, 11) is 0. The van der Waals surface area contributed by atoms with E-state index in [4.69, 9.17) is 4.74 Å². The monoisotopic (exact) mass is 239 g/mol. The molecule has 0 aliphatic carbocycles. The molecule has 16 heavy (non-hydrogen) atoms. The van der Waals surface area contributed by atoms with Gasteiger partial charge >= 0.3 is 0 Å². The van der Waals surface area contributed by atoms with Gasteiger partial charge in [0.15, 0.2) is 0 Å². The molecule has 0 saturated carbocycles. The fourth-order valence-corrected chi connectivity index (χ4v) is 1.78. The Balaban J connectivity index is 2.01. The molecule has 3 nitrogen and oxygen atoms in total. The lowest BCUT2D eigenvalue weighted by Gasteiger charge is -2.10. The van der Waals surface area contributed by atoms with Crippen molar-refractivity contribution in [3.8, 4) is 11.8 Å². The second-order valence-corrected chi connectivity index (χ2v) is 4.34. The van der Waals surface area contributed by atoms with Gasteiger partial charge in [-0.05, 0) is 18.4 Å². The Morgan fingerprint density at radius 3 is 3.19 bits per heavy atom. The molecule has 4 heteroatoms. The molecule has 0 amide bonds. The normalized spacial score (nSPS) is 11.9. The molecule has 1 rings (SSSR count). The predicted octanol–water partition coefficient (Wildman–Crippen LogP) is 1.24.